The smallest absolute Gasteiger partial charge is 0.244 e. The monoisotopic (exact) mass is 324 g/mol. The van der Waals surface area contributed by atoms with Gasteiger partial charge in [-0.25, -0.2) is 0 Å². The lowest BCUT2D eigenvalue weighted by atomic mass is 9.82. The van der Waals surface area contributed by atoms with Crippen LogP contribution in [0.2, 0.25) is 0 Å². The zero-order valence-electron chi connectivity index (χ0n) is 13.3. The van der Waals surface area contributed by atoms with Crippen LogP contribution < -0.4 is 19.9 Å². The van der Waals surface area contributed by atoms with Gasteiger partial charge in [-0.2, -0.15) is 5.26 Å². The second kappa shape index (κ2) is 5.20. The van der Waals surface area contributed by atoms with Crippen LogP contribution in [0, 0.1) is 11.3 Å². The molecule has 3 N–H and O–H groups in total. The highest BCUT2D eigenvalue weighted by molar-refractivity contribution is 5.58. The van der Waals surface area contributed by atoms with E-state index in [2.05, 4.69) is 30.1 Å². The van der Waals surface area contributed by atoms with Gasteiger partial charge in [-0.05, 0) is 23.6 Å². The Morgan fingerprint density at radius 1 is 1.33 bits per heavy atom. The highest BCUT2D eigenvalue weighted by Crippen LogP contribution is 2.46. The van der Waals surface area contributed by atoms with E-state index in [9.17, 15) is 5.26 Å². The van der Waals surface area contributed by atoms with Crippen LogP contribution in [0.1, 0.15) is 42.5 Å². The van der Waals surface area contributed by atoms with Crippen LogP contribution in [-0.2, 0) is 0 Å². The van der Waals surface area contributed by atoms with Gasteiger partial charge < -0.3 is 19.9 Å². The van der Waals surface area contributed by atoms with Crippen molar-refractivity contribution in [3.63, 3.8) is 0 Å². The number of ether oxygens (including phenoxy) is 3. The van der Waals surface area contributed by atoms with Crippen molar-refractivity contribution in [1.29, 1.82) is 5.26 Å². The summed E-state index contributed by atoms with van der Waals surface area (Å²) in [7, 11) is 0. The third-order valence-corrected chi connectivity index (χ3v) is 4.28. The number of allylic oxidation sites excluding steroid dienone is 1. The average Bonchev–Trinajstić information content (AvgIpc) is 3.18. The zero-order valence-corrected chi connectivity index (χ0v) is 13.3. The number of benzene rings is 1. The molecule has 24 heavy (non-hydrogen) atoms. The van der Waals surface area contributed by atoms with Gasteiger partial charge in [0.25, 0.3) is 0 Å². The molecule has 2 aliphatic rings. The summed E-state index contributed by atoms with van der Waals surface area (Å²) in [5.74, 6) is 1.68. The molecule has 122 valence electrons. The molecule has 2 aromatic rings. The maximum atomic E-state index is 9.62. The fourth-order valence-corrected chi connectivity index (χ4v) is 3.13. The number of hydrogen-bond acceptors (Lipinski definition) is 6. The van der Waals surface area contributed by atoms with Crippen molar-refractivity contribution in [1.82, 2.24) is 10.2 Å². The first-order chi connectivity index (χ1) is 11.6. The number of nitrogens with one attached hydrogen (secondary N) is 1. The molecule has 0 saturated heterocycles. The minimum atomic E-state index is -0.357. The highest BCUT2D eigenvalue weighted by Gasteiger charge is 2.36. The van der Waals surface area contributed by atoms with E-state index >= 15 is 0 Å². The van der Waals surface area contributed by atoms with E-state index in [4.69, 9.17) is 19.9 Å². The average molecular weight is 324 g/mol. The van der Waals surface area contributed by atoms with Crippen LogP contribution in [0.5, 0.6) is 17.4 Å². The SMILES string of the molecule is CC(C)c1[nH]nc2c1C(c1ccc3c(c1)OCO3)C(C#N)=C(N)O2. The number of aromatic nitrogens is 2. The standard InChI is InChI=1S/C17H16N4O3/c1-8(2)15-14-13(9-3-4-11-12(5-9)23-7-22-11)10(6-18)16(19)24-17(14)21-20-15/h3-5,8,13H,7,19H2,1-2H3,(H,20,21). The Labute approximate surface area is 138 Å². The van der Waals surface area contributed by atoms with Gasteiger partial charge in [0.05, 0.1) is 11.5 Å². The second-order valence-corrected chi connectivity index (χ2v) is 6.05. The van der Waals surface area contributed by atoms with E-state index in [0.29, 0.717) is 23.0 Å². The quantitative estimate of drug-likeness (QED) is 0.879. The lowest BCUT2D eigenvalue weighted by Crippen LogP contribution is -2.21. The Morgan fingerprint density at radius 3 is 2.88 bits per heavy atom. The Morgan fingerprint density at radius 2 is 2.12 bits per heavy atom. The summed E-state index contributed by atoms with van der Waals surface area (Å²) >= 11 is 0. The normalized spacial score (nSPS) is 18.3. The van der Waals surface area contributed by atoms with Gasteiger partial charge in [0.15, 0.2) is 11.5 Å². The molecule has 1 aromatic carbocycles. The maximum absolute atomic E-state index is 9.62. The van der Waals surface area contributed by atoms with Gasteiger partial charge in [-0.15, -0.1) is 5.10 Å². The van der Waals surface area contributed by atoms with Crippen molar-refractivity contribution >= 4 is 0 Å². The summed E-state index contributed by atoms with van der Waals surface area (Å²) < 4.78 is 16.4. The van der Waals surface area contributed by atoms with Gasteiger partial charge in [0.2, 0.25) is 18.6 Å². The van der Waals surface area contributed by atoms with Gasteiger partial charge in [-0.1, -0.05) is 19.9 Å². The van der Waals surface area contributed by atoms with Gasteiger partial charge in [0.1, 0.15) is 11.6 Å². The number of aromatic amines is 1. The molecule has 0 fully saturated rings. The topological polar surface area (TPSA) is 106 Å². The van der Waals surface area contributed by atoms with E-state index in [1.807, 2.05) is 18.2 Å². The highest BCUT2D eigenvalue weighted by atomic mass is 16.7. The molecule has 0 saturated carbocycles. The molecule has 0 spiro atoms. The van der Waals surface area contributed by atoms with Crippen molar-refractivity contribution in [2.24, 2.45) is 5.73 Å². The van der Waals surface area contributed by atoms with Gasteiger partial charge in [-0.3, -0.25) is 5.10 Å². The van der Waals surface area contributed by atoms with Crippen LogP contribution in [0.25, 0.3) is 0 Å². The minimum absolute atomic E-state index is 0.0782. The fraction of sp³-hybridized carbons (Fsp3) is 0.294. The number of H-pyrrole nitrogens is 1. The molecular weight excluding hydrogens is 308 g/mol. The van der Waals surface area contributed by atoms with E-state index < -0.39 is 0 Å². The van der Waals surface area contributed by atoms with Crippen molar-refractivity contribution in [2.45, 2.75) is 25.7 Å². The summed E-state index contributed by atoms with van der Waals surface area (Å²) in [6.07, 6.45) is 0. The van der Waals surface area contributed by atoms with Crippen molar-refractivity contribution in [2.75, 3.05) is 6.79 Å². The molecule has 4 rings (SSSR count). The molecule has 3 heterocycles. The second-order valence-electron chi connectivity index (χ2n) is 6.05. The number of rotatable bonds is 2. The Hall–Kier alpha value is -3.14. The molecule has 0 amide bonds. The summed E-state index contributed by atoms with van der Waals surface area (Å²) in [5.41, 5.74) is 8.97. The summed E-state index contributed by atoms with van der Waals surface area (Å²) in [4.78, 5) is 0. The molecule has 1 unspecified atom stereocenters. The molecule has 0 bridgehead atoms. The summed E-state index contributed by atoms with van der Waals surface area (Å²) in [6.45, 7) is 4.31. The van der Waals surface area contributed by atoms with Crippen molar-refractivity contribution < 1.29 is 14.2 Å². The number of fused-ring (bicyclic) bond motifs is 2. The third kappa shape index (κ3) is 2.00. The molecular formula is C17H16N4O3. The first-order valence-corrected chi connectivity index (χ1v) is 7.65. The Kier molecular flexibility index (Phi) is 3.13. The first kappa shape index (κ1) is 14.5. The molecule has 7 nitrogen and oxygen atoms in total. The van der Waals surface area contributed by atoms with Crippen LogP contribution in [0.15, 0.2) is 29.7 Å². The first-order valence-electron chi connectivity index (χ1n) is 7.65. The van der Waals surface area contributed by atoms with Crippen molar-refractivity contribution in [3.8, 4) is 23.4 Å². The Balaban J connectivity index is 1.92. The predicted molar refractivity (Wildman–Crippen MR) is 84.5 cm³/mol. The summed E-state index contributed by atoms with van der Waals surface area (Å²) in [6, 6.07) is 7.81. The molecule has 1 aromatic heterocycles. The van der Waals surface area contributed by atoms with Gasteiger partial charge in [0, 0.05) is 5.69 Å². The molecule has 1 atom stereocenters. The fourth-order valence-electron chi connectivity index (χ4n) is 3.13. The van der Waals surface area contributed by atoms with Crippen LogP contribution in [0.3, 0.4) is 0 Å². The lowest BCUT2D eigenvalue weighted by molar-refractivity contribution is 0.174. The Bertz CT molecular complexity index is 892. The van der Waals surface area contributed by atoms with Crippen molar-refractivity contribution in [3.05, 3.63) is 46.5 Å². The molecule has 0 radical (unpaired) electrons. The largest absolute Gasteiger partial charge is 0.454 e. The molecule has 7 heteroatoms. The van der Waals surface area contributed by atoms with E-state index in [1.165, 1.54) is 0 Å². The van der Waals surface area contributed by atoms with E-state index in [0.717, 1.165) is 16.8 Å². The number of nitriles is 1. The predicted octanol–water partition coefficient (Wildman–Crippen LogP) is 2.48. The number of nitrogens with two attached hydrogens (primary N) is 1. The third-order valence-electron chi connectivity index (χ3n) is 4.28. The zero-order chi connectivity index (χ0) is 16.8. The van der Waals surface area contributed by atoms with E-state index in [-0.39, 0.29) is 24.5 Å². The minimum Gasteiger partial charge on any atom is -0.454 e. The van der Waals surface area contributed by atoms with Crippen LogP contribution >= 0.6 is 0 Å². The van der Waals surface area contributed by atoms with Crippen LogP contribution in [-0.4, -0.2) is 17.0 Å². The van der Waals surface area contributed by atoms with E-state index in [1.54, 1.807) is 0 Å². The lowest BCUT2D eigenvalue weighted by Gasteiger charge is -2.24. The number of nitrogens with zero attached hydrogens (tertiary/aromatic N) is 2. The maximum Gasteiger partial charge on any atom is 0.244 e. The summed E-state index contributed by atoms with van der Waals surface area (Å²) in [5, 5.41) is 16.9. The van der Waals surface area contributed by atoms with Gasteiger partial charge >= 0.3 is 0 Å². The van der Waals surface area contributed by atoms with Crippen LogP contribution in [0.4, 0.5) is 0 Å². The molecule has 0 aliphatic carbocycles. The number of hydrogen-bond donors (Lipinski definition) is 2. The molecule has 2 aliphatic heterocycles.